The minimum absolute atomic E-state index is 0.0364. The van der Waals surface area contributed by atoms with Crippen molar-refractivity contribution in [3.63, 3.8) is 0 Å². The van der Waals surface area contributed by atoms with Crippen LogP contribution in [-0.4, -0.2) is 30.6 Å². The molecule has 130 valence electrons. The Morgan fingerprint density at radius 2 is 1.92 bits per heavy atom. The lowest BCUT2D eigenvalue weighted by Gasteiger charge is -2.22. The molecule has 1 aromatic carbocycles. The molecule has 0 unspecified atom stereocenters. The van der Waals surface area contributed by atoms with Gasteiger partial charge in [-0.2, -0.15) is 13.2 Å². The number of amides is 2. The van der Waals surface area contributed by atoms with E-state index < -0.39 is 30.0 Å². The fourth-order valence-electron chi connectivity index (χ4n) is 1.78. The van der Waals surface area contributed by atoms with Crippen molar-refractivity contribution >= 4 is 17.5 Å². The van der Waals surface area contributed by atoms with Crippen LogP contribution in [0.4, 0.5) is 18.9 Å². The summed E-state index contributed by atoms with van der Waals surface area (Å²) < 4.78 is 42.4. The third-order valence-electron chi connectivity index (χ3n) is 2.95. The molecule has 0 saturated heterocycles. The van der Waals surface area contributed by atoms with E-state index in [-0.39, 0.29) is 18.0 Å². The van der Waals surface area contributed by atoms with E-state index in [0.717, 1.165) is 0 Å². The van der Waals surface area contributed by atoms with Crippen LogP contribution in [0.3, 0.4) is 0 Å². The van der Waals surface area contributed by atoms with Gasteiger partial charge in [-0.25, -0.2) is 0 Å². The quantitative estimate of drug-likeness (QED) is 0.780. The molecule has 0 spiro atoms. The highest BCUT2D eigenvalue weighted by Gasteiger charge is 2.41. The maximum atomic E-state index is 12.4. The van der Waals surface area contributed by atoms with Gasteiger partial charge >= 0.3 is 12.1 Å². The number of hydrogen-bond acceptors (Lipinski definition) is 3. The molecule has 1 aromatic rings. The molecule has 1 atom stereocenters. The van der Waals surface area contributed by atoms with Crippen molar-refractivity contribution in [1.29, 1.82) is 0 Å². The number of benzene rings is 1. The maximum absolute atomic E-state index is 12.4. The molecule has 0 heterocycles. The largest absolute Gasteiger partial charge is 0.479 e. The van der Waals surface area contributed by atoms with Gasteiger partial charge in [-0.05, 0) is 18.1 Å². The van der Waals surface area contributed by atoms with E-state index in [9.17, 15) is 22.8 Å². The van der Waals surface area contributed by atoms with Gasteiger partial charge in [0.05, 0.1) is 5.69 Å². The standard InChI is InChI=1S/C16H17F3N2O3/c1-4-9-24-12-8-6-5-7-11(12)20-14(22)13(10(2)3)21-15(23)16(17,18)19/h1,5-8,10,13H,9H2,2-3H3,(H,20,22)(H,21,23)/t13-/m0/s1. The smallest absolute Gasteiger partial charge is 0.471 e. The Hall–Kier alpha value is -2.69. The monoisotopic (exact) mass is 342 g/mol. The van der Waals surface area contributed by atoms with Gasteiger partial charge in [-0.1, -0.05) is 31.9 Å². The SMILES string of the molecule is C#CCOc1ccccc1NC(=O)[C@@H](NC(=O)C(F)(F)F)C(C)C. The van der Waals surface area contributed by atoms with Crippen molar-refractivity contribution in [3.8, 4) is 18.1 Å². The summed E-state index contributed by atoms with van der Waals surface area (Å²) in [7, 11) is 0. The third-order valence-corrected chi connectivity index (χ3v) is 2.95. The number of nitrogens with one attached hydrogen (secondary N) is 2. The first kappa shape index (κ1) is 19.4. The highest BCUT2D eigenvalue weighted by Crippen LogP contribution is 2.24. The second-order valence-corrected chi connectivity index (χ2v) is 5.17. The summed E-state index contributed by atoms with van der Waals surface area (Å²) in [5, 5.41) is 4.13. The third kappa shape index (κ3) is 5.50. The number of carbonyl (C=O) groups excluding carboxylic acids is 2. The van der Waals surface area contributed by atoms with Crippen LogP contribution in [0.1, 0.15) is 13.8 Å². The molecule has 0 fully saturated rings. The van der Waals surface area contributed by atoms with E-state index >= 15 is 0 Å². The summed E-state index contributed by atoms with van der Waals surface area (Å²) in [6.45, 7) is 2.99. The van der Waals surface area contributed by atoms with E-state index in [4.69, 9.17) is 11.2 Å². The lowest BCUT2D eigenvalue weighted by Crippen LogP contribution is -2.51. The summed E-state index contributed by atoms with van der Waals surface area (Å²) >= 11 is 0. The van der Waals surface area contributed by atoms with Gasteiger partial charge in [-0.15, -0.1) is 6.42 Å². The fourth-order valence-corrected chi connectivity index (χ4v) is 1.78. The van der Waals surface area contributed by atoms with E-state index in [1.54, 1.807) is 23.5 Å². The normalized spacial score (nSPS) is 12.2. The lowest BCUT2D eigenvalue weighted by atomic mass is 10.0. The van der Waals surface area contributed by atoms with Crippen LogP contribution in [-0.2, 0) is 9.59 Å². The van der Waals surface area contributed by atoms with Crippen LogP contribution in [0, 0.1) is 18.3 Å². The number of alkyl halides is 3. The zero-order valence-corrected chi connectivity index (χ0v) is 13.1. The molecule has 0 aromatic heterocycles. The van der Waals surface area contributed by atoms with E-state index in [2.05, 4.69) is 11.2 Å². The first-order valence-corrected chi connectivity index (χ1v) is 7.00. The minimum atomic E-state index is -5.07. The van der Waals surface area contributed by atoms with Gasteiger partial charge in [0, 0.05) is 0 Å². The van der Waals surface area contributed by atoms with E-state index in [1.165, 1.54) is 19.9 Å². The van der Waals surface area contributed by atoms with Crippen LogP contribution >= 0.6 is 0 Å². The van der Waals surface area contributed by atoms with Crippen LogP contribution in [0.15, 0.2) is 24.3 Å². The molecule has 5 nitrogen and oxygen atoms in total. The average molecular weight is 342 g/mol. The van der Waals surface area contributed by atoms with Crippen molar-refractivity contribution < 1.29 is 27.5 Å². The zero-order chi connectivity index (χ0) is 18.3. The summed E-state index contributed by atoms with van der Waals surface area (Å²) in [6, 6.07) is 4.95. The van der Waals surface area contributed by atoms with E-state index in [1.807, 2.05) is 0 Å². The fraction of sp³-hybridized carbons (Fsp3) is 0.375. The first-order valence-electron chi connectivity index (χ1n) is 7.00. The summed E-state index contributed by atoms with van der Waals surface area (Å²) in [4.78, 5) is 23.3. The number of ether oxygens (including phenoxy) is 1. The van der Waals surface area contributed by atoms with Crippen LogP contribution < -0.4 is 15.4 Å². The molecule has 0 saturated carbocycles. The summed E-state index contributed by atoms with van der Waals surface area (Å²) in [6.07, 6.45) is 0.0266. The van der Waals surface area contributed by atoms with Gasteiger partial charge in [0.15, 0.2) is 0 Å². The van der Waals surface area contributed by atoms with Crippen molar-refractivity contribution in [1.82, 2.24) is 5.32 Å². The molecule has 8 heteroatoms. The van der Waals surface area contributed by atoms with Crippen molar-refractivity contribution in [2.24, 2.45) is 5.92 Å². The maximum Gasteiger partial charge on any atom is 0.471 e. The molecule has 2 N–H and O–H groups in total. The molecule has 2 amide bonds. The van der Waals surface area contributed by atoms with Gasteiger partial charge in [0.1, 0.15) is 18.4 Å². The van der Waals surface area contributed by atoms with Crippen LogP contribution in [0.5, 0.6) is 5.75 Å². The molecular formula is C16H17F3N2O3. The summed E-state index contributed by atoms with van der Waals surface area (Å²) in [5.74, 6) is -0.990. The molecule has 0 radical (unpaired) electrons. The minimum Gasteiger partial charge on any atom is -0.479 e. The van der Waals surface area contributed by atoms with Gasteiger partial charge in [0.25, 0.3) is 0 Å². The molecule has 0 aliphatic heterocycles. The Bertz CT molecular complexity index is 636. The highest BCUT2D eigenvalue weighted by molar-refractivity contribution is 5.99. The number of terminal acetylenes is 1. The van der Waals surface area contributed by atoms with E-state index in [0.29, 0.717) is 0 Å². The Labute approximate surface area is 137 Å². The number of rotatable bonds is 6. The average Bonchev–Trinajstić information content (AvgIpc) is 2.50. The zero-order valence-electron chi connectivity index (χ0n) is 13.1. The van der Waals surface area contributed by atoms with Crippen molar-refractivity contribution in [2.45, 2.75) is 26.1 Å². The Morgan fingerprint density at radius 1 is 1.29 bits per heavy atom. The topological polar surface area (TPSA) is 67.4 Å². The Kier molecular flexibility index (Phi) is 6.65. The van der Waals surface area contributed by atoms with Gasteiger partial charge in [-0.3, -0.25) is 9.59 Å². The Morgan fingerprint density at radius 3 is 2.46 bits per heavy atom. The van der Waals surface area contributed by atoms with Gasteiger partial charge in [0.2, 0.25) is 5.91 Å². The second kappa shape index (κ2) is 8.24. The molecular weight excluding hydrogens is 325 g/mol. The lowest BCUT2D eigenvalue weighted by molar-refractivity contribution is -0.175. The summed E-state index contributed by atoms with van der Waals surface area (Å²) in [5.41, 5.74) is 0.240. The van der Waals surface area contributed by atoms with Crippen LogP contribution in [0.25, 0.3) is 0 Å². The predicted octanol–water partition coefficient (Wildman–Crippen LogP) is 2.34. The predicted molar refractivity (Wildman–Crippen MR) is 82.2 cm³/mol. The number of carbonyl (C=O) groups is 2. The molecule has 1 rings (SSSR count). The molecule has 24 heavy (non-hydrogen) atoms. The second-order valence-electron chi connectivity index (χ2n) is 5.17. The number of para-hydroxylation sites is 2. The molecule has 0 bridgehead atoms. The molecule has 0 aliphatic rings. The van der Waals surface area contributed by atoms with Crippen molar-refractivity contribution in [3.05, 3.63) is 24.3 Å². The Balaban J connectivity index is 2.91. The highest BCUT2D eigenvalue weighted by atomic mass is 19.4. The van der Waals surface area contributed by atoms with Crippen molar-refractivity contribution in [2.75, 3.05) is 11.9 Å². The molecule has 0 aliphatic carbocycles. The number of halogens is 3. The number of anilines is 1. The van der Waals surface area contributed by atoms with Gasteiger partial charge < -0.3 is 15.4 Å². The van der Waals surface area contributed by atoms with Crippen LogP contribution in [0.2, 0.25) is 0 Å². The number of hydrogen-bond donors (Lipinski definition) is 2. The first-order chi connectivity index (χ1) is 11.2.